The maximum atomic E-state index is 12.2. The number of pyridine rings is 1. The summed E-state index contributed by atoms with van der Waals surface area (Å²) in [4.78, 5) is 21.1. The van der Waals surface area contributed by atoms with Gasteiger partial charge in [0.05, 0.1) is 6.54 Å². The maximum absolute atomic E-state index is 12.2. The predicted molar refractivity (Wildman–Crippen MR) is 97.4 cm³/mol. The van der Waals surface area contributed by atoms with Crippen molar-refractivity contribution in [3.05, 3.63) is 23.4 Å². The average Bonchev–Trinajstić information content (AvgIpc) is 2.63. The van der Waals surface area contributed by atoms with E-state index < -0.39 is 0 Å². The van der Waals surface area contributed by atoms with Gasteiger partial charge in [0, 0.05) is 32.2 Å². The molecule has 1 aromatic rings. The van der Waals surface area contributed by atoms with Gasteiger partial charge in [0.1, 0.15) is 17.6 Å². The largest absolute Gasteiger partial charge is 0.354 e. The molecule has 1 aromatic heterocycles. The van der Waals surface area contributed by atoms with Crippen LogP contribution in [-0.4, -0.2) is 54.6 Å². The molecule has 0 aromatic carbocycles. The third-order valence-corrected chi connectivity index (χ3v) is 5.22. The van der Waals surface area contributed by atoms with Crippen LogP contribution in [0.1, 0.15) is 43.4 Å². The number of carbonyl (C=O) groups is 1. The molecule has 1 saturated heterocycles. The van der Waals surface area contributed by atoms with Crippen LogP contribution in [0.4, 0.5) is 5.82 Å². The molecule has 6 heteroatoms. The monoisotopic (exact) mass is 341 g/mol. The van der Waals surface area contributed by atoms with Crippen molar-refractivity contribution in [2.75, 3.05) is 37.6 Å². The fourth-order valence-corrected chi connectivity index (χ4v) is 3.67. The third-order valence-electron chi connectivity index (χ3n) is 5.22. The molecule has 134 valence electrons. The summed E-state index contributed by atoms with van der Waals surface area (Å²) in [5.74, 6) is 1.01. The van der Waals surface area contributed by atoms with Crippen LogP contribution in [0.25, 0.3) is 0 Å². The number of aromatic nitrogens is 1. The lowest BCUT2D eigenvalue weighted by Gasteiger charge is -2.35. The first-order valence-electron chi connectivity index (χ1n) is 9.30. The van der Waals surface area contributed by atoms with Crippen LogP contribution >= 0.6 is 0 Å². The van der Waals surface area contributed by atoms with Crippen LogP contribution in [0.2, 0.25) is 0 Å². The highest BCUT2D eigenvalue weighted by atomic mass is 16.2. The molecule has 2 aliphatic rings. The molecule has 25 heavy (non-hydrogen) atoms. The minimum absolute atomic E-state index is 0.153. The van der Waals surface area contributed by atoms with E-state index in [2.05, 4.69) is 26.2 Å². The minimum atomic E-state index is 0.153. The zero-order chi connectivity index (χ0) is 17.6. The van der Waals surface area contributed by atoms with Gasteiger partial charge < -0.3 is 10.2 Å². The number of nitriles is 1. The smallest absolute Gasteiger partial charge is 0.234 e. The Morgan fingerprint density at radius 1 is 1.24 bits per heavy atom. The van der Waals surface area contributed by atoms with Gasteiger partial charge in [-0.15, -0.1) is 0 Å². The van der Waals surface area contributed by atoms with Crippen molar-refractivity contribution in [2.24, 2.45) is 0 Å². The van der Waals surface area contributed by atoms with Crippen LogP contribution in [0.5, 0.6) is 0 Å². The second-order valence-electron chi connectivity index (χ2n) is 7.11. The normalized spacial score (nSPS) is 19.4. The van der Waals surface area contributed by atoms with Crippen LogP contribution in [0.3, 0.4) is 0 Å². The van der Waals surface area contributed by atoms with E-state index in [-0.39, 0.29) is 5.91 Å². The quantitative estimate of drug-likeness (QED) is 0.905. The zero-order valence-electron chi connectivity index (χ0n) is 15.0. The van der Waals surface area contributed by atoms with Gasteiger partial charge in [-0.05, 0) is 31.4 Å². The topological polar surface area (TPSA) is 72.3 Å². The van der Waals surface area contributed by atoms with Crippen molar-refractivity contribution in [3.8, 4) is 6.07 Å². The van der Waals surface area contributed by atoms with E-state index >= 15 is 0 Å². The maximum Gasteiger partial charge on any atom is 0.234 e. The number of hydrogen-bond acceptors (Lipinski definition) is 5. The van der Waals surface area contributed by atoms with Gasteiger partial charge in [0.25, 0.3) is 0 Å². The van der Waals surface area contributed by atoms with E-state index in [4.69, 9.17) is 5.26 Å². The highest BCUT2D eigenvalue weighted by Gasteiger charge is 2.22. The second kappa shape index (κ2) is 8.30. The van der Waals surface area contributed by atoms with E-state index in [0.29, 0.717) is 18.3 Å². The molecule has 2 heterocycles. The summed E-state index contributed by atoms with van der Waals surface area (Å²) in [6, 6.07) is 6.45. The van der Waals surface area contributed by atoms with Gasteiger partial charge in [-0.25, -0.2) is 4.98 Å². The van der Waals surface area contributed by atoms with Crippen LogP contribution in [0.15, 0.2) is 12.1 Å². The number of carbonyl (C=O) groups excluding carboxylic acids is 1. The van der Waals surface area contributed by atoms with Crippen molar-refractivity contribution < 1.29 is 4.79 Å². The Morgan fingerprint density at radius 3 is 2.64 bits per heavy atom. The van der Waals surface area contributed by atoms with Crippen molar-refractivity contribution in [2.45, 2.75) is 45.1 Å². The Morgan fingerprint density at radius 2 is 1.96 bits per heavy atom. The SMILES string of the molecule is Cc1ccc(N2CCN(CC(=O)NC3CCCCC3)CC2)nc1C#N. The molecule has 0 radical (unpaired) electrons. The molecule has 0 atom stereocenters. The van der Waals surface area contributed by atoms with Crippen molar-refractivity contribution >= 4 is 11.7 Å². The molecule has 0 bridgehead atoms. The van der Waals surface area contributed by atoms with E-state index in [1.54, 1.807) is 0 Å². The Bertz CT molecular complexity index is 640. The predicted octanol–water partition coefficient (Wildman–Crippen LogP) is 1.83. The number of nitrogens with one attached hydrogen (secondary N) is 1. The molecule has 1 saturated carbocycles. The molecule has 0 spiro atoms. The number of anilines is 1. The van der Waals surface area contributed by atoms with Crippen molar-refractivity contribution in [1.82, 2.24) is 15.2 Å². The fraction of sp³-hybridized carbons (Fsp3) is 0.632. The summed E-state index contributed by atoms with van der Waals surface area (Å²) < 4.78 is 0. The highest BCUT2D eigenvalue weighted by molar-refractivity contribution is 5.78. The molecule has 1 aliphatic heterocycles. The van der Waals surface area contributed by atoms with E-state index in [9.17, 15) is 4.79 Å². The number of rotatable bonds is 4. The number of aryl methyl sites for hydroxylation is 1. The number of nitrogens with zero attached hydrogens (tertiary/aromatic N) is 4. The first-order chi connectivity index (χ1) is 12.2. The molecule has 1 amide bonds. The Labute approximate surface area is 149 Å². The zero-order valence-corrected chi connectivity index (χ0v) is 15.0. The standard InChI is InChI=1S/C19H27N5O/c1-15-7-8-18(22-17(15)13-20)24-11-9-23(10-12-24)14-19(25)21-16-5-3-2-4-6-16/h7-8,16H,2-6,9-12,14H2,1H3,(H,21,25). The molecule has 6 nitrogen and oxygen atoms in total. The molecular formula is C19H27N5O. The lowest BCUT2D eigenvalue weighted by Crippen LogP contribution is -2.50. The Hall–Kier alpha value is -2.13. The summed E-state index contributed by atoms with van der Waals surface area (Å²) in [7, 11) is 0. The van der Waals surface area contributed by atoms with Gasteiger partial charge in [0.2, 0.25) is 5.91 Å². The summed E-state index contributed by atoms with van der Waals surface area (Å²) in [5.41, 5.74) is 1.40. The summed E-state index contributed by atoms with van der Waals surface area (Å²) in [5, 5.41) is 12.3. The molecular weight excluding hydrogens is 314 g/mol. The molecule has 3 rings (SSSR count). The van der Waals surface area contributed by atoms with E-state index in [0.717, 1.165) is 50.4 Å². The fourth-order valence-electron chi connectivity index (χ4n) is 3.67. The lowest BCUT2D eigenvalue weighted by molar-refractivity contribution is -0.123. The minimum Gasteiger partial charge on any atom is -0.354 e. The molecule has 2 fully saturated rings. The molecule has 1 N–H and O–H groups in total. The Balaban J connectivity index is 1.47. The van der Waals surface area contributed by atoms with Gasteiger partial charge in [0.15, 0.2) is 0 Å². The van der Waals surface area contributed by atoms with E-state index in [1.165, 1.54) is 19.3 Å². The van der Waals surface area contributed by atoms with Crippen molar-refractivity contribution in [1.29, 1.82) is 5.26 Å². The summed E-state index contributed by atoms with van der Waals surface area (Å²) in [6.07, 6.45) is 6.02. The first-order valence-corrected chi connectivity index (χ1v) is 9.30. The summed E-state index contributed by atoms with van der Waals surface area (Å²) in [6.45, 7) is 5.73. The average molecular weight is 341 g/mol. The van der Waals surface area contributed by atoms with Gasteiger partial charge in [-0.2, -0.15) is 5.26 Å². The second-order valence-corrected chi connectivity index (χ2v) is 7.11. The van der Waals surface area contributed by atoms with Crippen molar-refractivity contribution in [3.63, 3.8) is 0 Å². The number of piperazine rings is 1. The number of hydrogen-bond donors (Lipinski definition) is 1. The molecule has 0 unspecified atom stereocenters. The third kappa shape index (κ3) is 4.70. The lowest BCUT2D eigenvalue weighted by atomic mass is 9.95. The van der Waals surface area contributed by atoms with Crippen LogP contribution < -0.4 is 10.2 Å². The first kappa shape index (κ1) is 17.7. The van der Waals surface area contributed by atoms with Crippen LogP contribution in [0, 0.1) is 18.3 Å². The number of amides is 1. The Kier molecular flexibility index (Phi) is 5.87. The summed E-state index contributed by atoms with van der Waals surface area (Å²) >= 11 is 0. The van der Waals surface area contributed by atoms with Gasteiger partial charge in [-0.1, -0.05) is 25.3 Å². The van der Waals surface area contributed by atoms with Gasteiger partial charge >= 0.3 is 0 Å². The molecule has 1 aliphatic carbocycles. The van der Waals surface area contributed by atoms with E-state index in [1.807, 2.05) is 19.1 Å². The van der Waals surface area contributed by atoms with Gasteiger partial charge in [-0.3, -0.25) is 9.69 Å². The van der Waals surface area contributed by atoms with Crippen LogP contribution in [-0.2, 0) is 4.79 Å². The highest BCUT2D eigenvalue weighted by Crippen LogP contribution is 2.18.